The van der Waals surface area contributed by atoms with Crippen LogP contribution in [0.25, 0.3) is 0 Å². The molecule has 100 valence electrons. The molecule has 0 amide bonds. The molecule has 2 rings (SSSR count). The topological polar surface area (TPSA) is 20.2 Å². The van der Waals surface area contributed by atoms with E-state index in [1.807, 2.05) is 24.5 Å². The lowest BCUT2D eigenvalue weighted by Crippen LogP contribution is -2.04. The van der Waals surface area contributed by atoms with Crippen LogP contribution in [0.3, 0.4) is 0 Å². The summed E-state index contributed by atoms with van der Waals surface area (Å²) >= 11 is 1.68. The van der Waals surface area contributed by atoms with Crippen molar-refractivity contribution in [2.45, 2.75) is 31.3 Å². The van der Waals surface area contributed by atoms with E-state index in [4.69, 9.17) is 0 Å². The summed E-state index contributed by atoms with van der Waals surface area (Å²) < 4.78 is 0. The first-order valence-corrected chi connectivity index (χ1v) is 7.71. The van der Waals surface area contributed by atoms with Crippen molar-refractivity contribution in [2.75, 3.05) is 6.26 Å². The number of aliphatic hydroxyl groups is 1. The Morgan fingerprint density at radius 2 is 1.84 bits per heavy atom. The molecular weight excluding hydrogens is 252 g/mol. The fraction of sp³-hybridized carbons (Fsp3) is 0.294. The van der Waals surface area contributed by atoms with Gasteiger partial charge in [-0.3, -0.25) is 0 Å². The van der Waals surface area contributed by atoms with E-state index >= 15 is 0 Å². The van der Waals surface area contributed by atoms with Gasteiger partial charge in [-0.15, -0.1) is 11.8 Å². The third kappa shape index (κ3) is 3.40. The first kappa shape index (κ1) is 14.2. The van der Waals surface area contributed by atoms with E-state index in [0.717, 1.165) is 10.5 Å². The molecule has 2 heteroatoms. The summed E-state index contributed by atoms with van der Waals surface area (Å²) in [5.74, 6) is 0. The van der Waals surface area contributed by atoms with Gasteiger partial charge in [0.25, 0.3) is 0 Å². The second-order valence-electron chi connectivity index (χ2n) is 4.89. The van der Waals surface area contributed by atoms with Crippen molar-refractivity contribution in [3.05, 3.63) is 64.7 Å². The molecule has 2 aromatic rings. The Balaban J connectivity index is 2.25. The highest BCUT2D eigenvalue weighted by atomic mass is 32.2. The Bertz CT molecular complexity index is 563. The highest BCUT2D eigenvalue weighted by Gasteiger charge is 2.13. The monoisotopic (exact) mass is 272 g/mol. The second kappa shape index (κ2) is 6.27. The van der Waals surface area contributed by atoms with Gasteiger partial charge in [-0.1, -0.05) is 42.0 Å². The minimum atomic E-state index is -0.441. The third-order valence-electron chi connectivity index (χ3n) is 3.42. The van der Waals surface area contributed by atoms with Crippen LogP contribution in [0.1, 0.15) is 28.4 Å². The van der Waals surface area contributed by atoms with Crippen molar-refractivity contribution < 1.29 is 5.11 Å². The first-order valence-electron chi connectivity index (χ1n) is 6.49. The average molecular weight is 272 g/mol. The number of rotatable bonds is 4. The minimum Gasteiger partial charge on any atom is -0.388 e. The van der Waals surface area contributed by atoms with Crippen LogP contribution in [0.15, 0.2) is 47.4 Å². The molecule has 0 heterocycles. The smallest absolute Gasteiger partial charge is 0.0841 e. The molecule has 0 saturated carbocycles. The molecule has 1 nitrogen and oxygen atoms in total. The van der Waals surface area contributed by atoms with Crippen LogP contribution in [0.2, 0.25) is 0 Å². The maximum absolute atomic E-state index is 10.5. The Kier molecular flexibility index (Phi) is 4.67. The Labute approximate surface area is 119 Å². The van der Waals surface area contributed by atoms with Gasteiger partial charge in [0.2, 0.25) is 0 Å². The van der Waals surface area contributed by atoms with Crippen molar-refractivity contribution in [1.29, 1.82) is 0 Å². The minimum absolute atomic E-state index is 0.441. The quantitative estimate of drug-likeness (QED) is 0.837. The third-order valence-corrected chi connectivity index (χ3v) is 4.23. The molecule has 0 aromatic heterocycles. The van der Waals surface area contributed by atoms with Crippen molar-refractivity contribution in [3.8, 4) is 0 Å². The first-order chi connectivity index (χ1) is 9.11. The molecule has 0 saturated heterocycles. The number of benzene rings is 2. The molecule has 1 atom stereocenters. The molecule has 1 N–H and O–H groups in total. The van der Waals surface area contributed by atoms with Crippen LogP contribution in [0.5, 0.6) is 0 Å². The molecule has 0 radical (unpaired) electrons. The van der Waals surface area contributed by atoms with Crippen LogP contribution in [-0.2, 0) is 6.42 Å². The van der Waals surface area contributed by atoms with Crippen LogP contribution in [0.4, 0.5) is 0 Å². The molecule has 2 aromatic carbocycles. The summed E-state index contributed by atoms with van der Waals surface area (Å²) in [5, 5.41) is 10.5. The highest BCUT2D eigenvalue weighted by molar-refractivity contribution is 7.98. The van der Waals surface area contributed by atoms with Gasteiger partial charge in [-0.05, 0) is 42.9 Å². The van der Waals surface area contributed by atoms with Crippen LogP contribution >= 0.6 is 11.8 Å². The summed E-state index contributed by atoms with van der Waals surface area (Å²) in [6, 6.07) is 14.5. The van der Waals surface area contributed by atoms with Gasteiger partial charge in [-0.25, -0.2) is 0 Å². The average Bonchev–Trinajstić information content (AvgIpc) is 2.42. The summed E-state index contributed by atoms with van der Waals surface area (Å²) in [5.41, 5.74) is 4.73. The number of hydrogen-bond acceptors (Lipinski definition) is 2. The van der Waals surface area contributed by atoms with Gasteiger partial charge in [0.1, 0.15) is 0 Å². The zero-order valence-electron chi connectivity index (χ0n) is 11.7. The van der Waals surface area contributed by atoms with E-state index in [2.05, 4.69) is 38.1 Å². The van der Waals surface area contributed by atoms with Crippen LogP contribution in [-0.4, -0.2) is 11.4 Å². The van der Waals surface area contributed by atoms with Crippen LogP contribution < -0.4 is 0 Å². The van der Waals surface area contributed by atoms with E-state index in [1.165, 1.54) is 16.7 Å². The van der Waals surface area contributed by atoms with Gasteiger partial charge in [0.05, 0.1) is 6.10 Å². The fourth-order valence-electron chi connectivity index (χ4n) is 2.28. The maximum atomic E-state index is 10.5. The number of thioether (sulfide) groups is 1. The fourth-order valence-corrected chi connectivity index (χ4v) is 2.93. The van der Waals surface area contributed by atoms with E-state index in [0.29, 0.717) is 6.42 Å². The molecule has 0 bridgehead atoms. The molecule has 0 aliphatic carbocycles. The summed E-state index contributed by atoms with van der Waals surface area (Å²) in [6.07, 6.45) is 2.28. The van der Waals surface area contributed by atoms with Crippen molar-refractivity contribution in [1.82, 2.24) is 0 Å². The molecular formula is C17H20OS. The lowest BCUT2D eigenvalue weighted by Gasteiger charge is -2.16. The van der Waals surface area contributed by atoms with E-state index in [9.17, 15) is 5.11 Å². The van der Waals surface area contributed by atoms with Gasteiger partial charge in [-0.2, -0.15) is 0 Å². The molecule has 0 aliphatic rings. The van der Waals surface area contributed by atoms with E-state index < -0.39 is 6.10 Å². The SMILES string of the molecule is CSc1ccccc1C(O)Cc1cc(C)ccc1C. The number of aryl methyl sites for hydroxylation is 2. The Morgan fingerprint density at radius 3 is 2.58 bits per heavy atom. The lowest BCUT2D eigenvalue weighted by molar-refractivity contribution is 0.175. The zero-order chi connectivity index (χ0) is 13.8. The van der Waals surface area contributed by atoms with Crippen molar-refractivity contribution in [2.24, 2.45) is 0 Å². The normalized spacial score (nSPS) is 12.4. The molecule has 0 spiro atoms. The molecule has 0 fully saturated rings. The van der Waals surface area contributed by atoms with E-state index in [-0.39, 0.29) is 0 Å². The van der Waals surface area contributed by atoms with Gasteiger partial charge in [0.15, 0.2) is 0 Å². The lowest BCUT2D eigenvalue weighted by atomic mass is 9.97. The summed E-state index contributed by atoms with van der Waals surface area (Å²) in [6.45, 7) is 4.19. The van der Waals surface area contributed by atoms with Gasteiger partial charge < -0.3 is 5.11 Å². The standard InChI is InChI=1S/C17H20OS/c1-12-8-9-13(2)14(10-12)11-16(18)15-6-4-5-7-17(15)19-3/h4-10,16,18H,11H2,1-3H3. The predicted octanol–water partition coefficient (Wildman–Crippen LogP) is 4.30. The summed E-state index contributed by atoms with van der Waals surface area (Å²) in [7, 11) is 0. The van der Waals surface area contributed by atoms with Gasteiger partial charge >= 0.3 is 0 Å². The van der Waals surface area contributed by atoms with E-state index in [1.54, 1.807) is 11.8 Å². The highest BCUT2D eigenvalue weighted by Crippen LogP contribution is 2.28. The predicted molar refractivity (Wildman–Crippen MR) is 82.8 cm³/mol. The number of hydrogen-bond donors (Lipinski definition) is 1. The number of aliphatic hydroxyl groups excluding tert-OH is 1. The van der Waals surface area contributed by atoms with Crippen LogP contribution in [0, 0.1) is 13.8 Å². The van der Waals surface area contributed by atoms with Gasteiger partial charge in [0, 0.05) is 11.3 Å². The molecule has 1 unspecified atom stereocenters. The molecule has 0 aliphatic heterocycles. The Morgan fingerprint density at radius 1 is 1.11 bits per heavy atom. The van der Waals surface area contributed by atoms with Crippen molar-refractivity contribution in [3.63, 3.8) is 0 Å². The molecule has 19 heavy (non-hydrogen) atoms. The maximum Gasteiger partial charge on any atom is 0.0841 e. The zero-order valence-corrected chi connectivity index (χ0v) is 12.5. The largest absolute Gasteiger partial charge is 0.388 e. The van der Waals surface area contributed by atoms with Crippen molar-refractivity contribution >= 4 is 11.8 Å². The Hall–Kier alpha value is -1.25. The second-order valence-corrected chi connectivity index (χ2v) is 5.74. The summed E-state index contributed by atoms with van der Waals surface area (Å²) in [4.78, 5) is 1.15.